The second-order valence-corrected chi connectivity index (χ2v) is 8.24. The zero-order valence-corrected chi connectivity index (χ0v) is 15.8. The summed E-state index contributed by atoms with van der Waals surface area (Å²) in [6, 6.07) is 6.65. The van der Waals surface area contributed by atoms with Crippen LogP contribution in [-0.4, -0.2) is 45.9 Å². The lowest BCUT2D eigenvalue weighted by Crippen LogP contribution is -2.42. The molecule has 142 valence electrons. The van der Waals surface area contributed by atoms with E-state index in [1.807, 2.05) is 0 Å². The molecule has 1 aromatic carbocycles. The molecule has 27 heavy (non-hydrogen) atoms. The molecule has 0 saturated carbocycles. The third-order valence-electron chi connectivity index (χ3n) is 5.77. The number of likely N-dealkylation sites (tertiary alicyclic amines) is 1. The number of carbonyl (C=O) groups is 2. The number of benzene rings is 1. The SMILES string of the molecule is CC1(C)CCN(CCCn2c3c(n[n+]2[O-])C(=O)c2ccccc2C3=O)CC1. The van der Waals surface area contributed by atoms with Gasteiger partial charge in [0.15, 0.2) is 5.69 Å². The Morgan fingerprint density at radius 1 is 1.07 bits per heavy atom. The smallest absolute Gasteiger partial charge is 0.220 e. The van der Waals surface area contributed by atoms with Crippen molar-refractivity contribution >= 4 is 11.6 Å². The van der Waals surface area contributed by atoms with Gasteiger partial charge < -0.3 is 10.1 Å². The van der Waals surface area contributed by atoms with Gasteiger partial charge in [0.25, 0.3) is 0 Å². The van der Waals surface area contributed by atoms with Crippen molar-refractivity contribution in [3.63, 3.8) is 0 Å². The summed E-state index contributed by atoms with van der Waals surface area (Å²) in [5.74, 6) is -0.663. The second-order valence-electron chi connectivity index (χ2n) is 8.24. The Bertz CT molecular complexity index is 906. The Labute approximate surface area is 158 Å². The first-order chi connectivity index (χ1) is 12.9. The molecule has 0 atom stereocenters. The predicted molar refractivity (Wildman–Crippen MR) is 98.6 cm³/mol. The molecule has 0 radical (unpaired) electrons. The standard InChI is InChI=1S/C20H24N4O3/c1-20(2)8-12-22(13-9-20)10-5-11-23-17-16(21-24(23)27)18(25)14-6-3-4-7-15(14)19(17)26/h3-4,6-7H,5,8-13H2,1-2H3. The van der Waals surface area contributed by atoms with E-state index in [0.717, 1.165) is 26.1 Å². The first-order valence-electron chi connectivity index (χ1n) is 9.49. The average molecular weight is 368 g/mol. The molecule has 1 aliphatic carbocycles. The van der Waals surface area contributed by atoms with Crippen molar-refractivity contribution in [2.24, 2.45) is 5.41 Å². The van der Waals surface area contributed by atoms with E-state index in [2.05, 4.69) is 23.8 Å². The number of ketones is 2. The summed E-state index contributed by atoms with van der Waals surface area (Å²) < 4.78 is 1.30. The fraction of sp³-hybridized carbons (Fsp3) is 0.500. The Balaban J connectivity index is 1.50. The van der Waals surface area contributed by atoms with Crippen molar-refractivity contribution in [2.75, 3.05) is 19.6 Å². The molecule has 2 aliphatic rings. The van der Waals surface area contributed by atoms with Gasteiger partial charge >= 0.3 is 0 Å². The molecule has 7 nitrogen and oxygen atoms in total. The Hall–Kier alpha value is -2.54. The maximum atomic E-state index is 12.8. The average Bonchev–Trinajstić information content (AvgIpc) is 2.98. The van der Waals surface area contributed by atoms with Gasteiger partial charge in [-0.05, 0) is 37.8 Å². The van der Waals surface area contributed by atoms with Gasteiger partial charge in [0.2, 0.25) is 17.3 Å². The monoisotopic (exact) mass is 368 g/mol. The van der Waals surface area contributed by atoms with Crippen molar-refractivity contribution in [3.05, 3.63) is 52.0 Å². The summed E-state index contributed by atoms with van der Waals surface area (Å²) in [5.41, 5.74) is 1.14. The minimum Gasteiger partial charge on any atom is -0.571 e. The highest BCUT2D eigenvalue weighted by Crippen LogP contribution is 2.30. The zero-order valence-electron chi connectivity index (χ0n) is 15.8. The molecular weight excluding hydrogens is 344 g/mol. The molecule has 0 N–H and O–H groups in total. The van der Waals surface area contributed by atoms with Crippen LogP contribution in [-0.2, 0) is 6.54 Å². The molecule has 4 rings (SSSR count). The maximum Gasteiger partial charge on any atom is 0.220 e. The molecule has 2 aromatic rings. The van der Waals surface area contributed by atoms with E-state index in [1.54, 1.807) is 24.3 Å². The lowest BCUT2D eigenvalue weighted by atomic mass is 9.83. The van der Waals surface area contributed by atoms with E-state index in [-0.39, 0.29) is 23.0 Å². The fourth-order valence-corrected chi connectivity index (χ4v) is 3.93. The molecule has 1 saturated heterocycles. The van der Waals surface area contributed by atoms with Gasteiger partial charge in [-0.1, -0.05) is 38.1 Å². The molecule has 0 spiro atoms. The summed E-state index contributed by atoms with van der Waals surface area (Å²) in [7, 11) is 0. The lowest BCUT2D eigenvalue weighted by Gasteiger charge is -2.36. The highest BCUT2D eigenvalue weighted by Gasteiger charge is 2.39. The topological polar surface area (TPSA) is 82.1 Å². The number of carbonyl (C=O) groups excluding carboxylic acids is 2. The van der Waals surface area contributed by atoms with Crippen LogP contribution in [0.3, 0.4) is 0 Å². The molecule has 2 heterocycles. The second kappa shape index (κ2) is 6.56. The van der Waals surface area contributed by atoms with E-state index in [9.17, 15) is 14.8 Å². The van der Waals surface area contributed by atoms with Crippen LogP contribution in [0.4, 0.5) is 0 Å². The van der Waals surface area contributed by atoms with Crippen LogP contribution < -0.4 is 4.96 Å². The van der Waals surface area contributed by atoms with E-state index >= 15 is 0 Å². The minimum atomic E-state index is -0.359. The van der Waals surface area contributed by atoms with E-state index in [1.165, 1.54) is 17.5 Å². The van der Waals surface area contributed by atoms with Crippen LogP contribution >= 0.6 is 0 Å². The molecule has 1 aliphatic heterocycles. The van der Waals surface area contributed by atoms with Gasteiger partial charge in [-0.3, -0.25) is 9.59 Å². The Kier molecular flexibility index (Phi) is 4.34. The number of piperidine rings is 1. The largest absolute Gasteiger partial charge is 0.571 e. The normalized spacial score (nSPS) is 19.0. The summed E-state index contributed by atoms with van der Waals surface area (Å²) in [6.45, 7) is 7.93. The molecular formula is C20H24N4O3. The van der Waals surface area contributed by atoms with Crippen LogP contribution in [0, 0.1) is 10.6 Å². The first-order valence-corrected chi connectivity index (χ1v) is 9.49. The summed E-state index contributed by atoms with van der Waals surface area (Å²) in [4.78, 5) is 28.3. The highest BCUT2D eigenvalue weighted by atomic mass is 16.5. The molecule has 0 bridgehead atoms. The summed E-state index contributed by atoms with van der Waals surface area (Å²) in [5, 5.41) is 16.1. The number of nitrogens with zero attached hydrogens (tertiary/aromatic N) is 4. The van der Waals surface area contributed by atoms with Crippen molar-refractivity contribution < 1.29 is 14.5 Å². The number of hydrogen-bond donors (Lipinski definition) is 0. The van der Waals surface area contributed by atoms with E-state index in [4.69, 9.17) is 0 Å². The number of hydrogen-bond acceptors (Lipinski definition) is 5. The van der Waals surface area contributed by atoms with Crippen molar-refractivity contribution in [1.29, 1.82) is 0 Å². The third-order valence-corrected chi connectivity index (χ3v) is 5.77. The van der Waals surface area contributed by atoms with E-state index < -0.39 is 0 Å². The maximum absolute atomic E-state index is 12.8. The fourth-order valence-electron chi connectivity index (χ4n) is 3.93. The van der Waals surface area contributed by atoms with Gasteiger partial charge in [-0.2, -0.15) is 0 Å². The number of aromatic nitrogens is 3. The van der Waals surface area contributed by atoms with Gasteiger partial charge in [0.05, 0.1) is 6.54 Å². The minimum absolute atomic E-state index is 0.0339. The Morgan fingerprint density at radius 3 is 2.37 bits per heavy atom. The Morgan fingerprint density at radius 2 is 1.70 bits per heavy atom. The molecule has 1 fully saturated rings. The first kappa shape index (κ1) is 17.9. The van der Waals surface area contributed by atoms with Crippen molar-refractivity contribution in [2.45, 2.75) is 39.7 Å². The highest BCUT2D eigenvalue weighted by molar-refractivity contribution is 6.26. The molecule has 7 heteroatoms. The predicted octanol–water partition coefficient (Wildman–Crippen LogP) is 1.80. The zero-order chi connectivity index (χ0) is 19.2. The third kappa shape index (κ3) is 3.16. The number of rotatable bonds is 4. The quantitative estimate of drug-likeness (QED) is 0.518. The van der Waals surface area contributed by atoms with E-state index in [0.29, 0.717) is 28.0 Å². The van der Waals surface area contributed by atoms with Crippen LogP contribution in [0.25, 0.3) is 0 Å². The molecule has 0 amide bonds. The van der Waals surface area contributed by atoms with Gasteiger partial charge in [0, 0.05) is 27.7 Å². The van der Waals surface area contributed by atoms with Crippen LogP contribution in [0.1, 0.15) is 65.2 Å². The van der Waals surface area contributed by atoms with Crippen molar-refractivity contribution in [1.82, 2.24) is 14.7 Å². The summed E-state index contributed by atoms with van der Waals surface area (Å²) in [6.07, 6.45) is 3.06. The lowest BCUT2D eigenvalue weighted by molar-refractivity contribution is -0.749. The van der Waals surface area contributed by atoms with Crippen LogP contribution in [0.2, 0.25) is 0 Å². The van der Waals surface area contributed by atoms with Crippen molar-refractivity contribution in [3.8, 4) is 0 Å². The number of fused-ring (bicyclic) bond motifs is 2. The van der Waals surface area contributed by atoms with Gasteiger partial charge in [-0.25, -0.2) is 0 Å². The molecule has 0 unspecified atom stereocenters. The molecule has 1 aromatic heterocycles. The summed E-state index contributed by atoms with van der Waals surface area (Å²) >= 11 is 0. The van der Waals surface area contributed by atoms with Gasteiger partial charge in [-0.15, -0.1) is 4.68 Å². The van der Waals surface area contributed by atoms with Gasteiger partial charge in [0.1, 0.15) is 0 Å². The van der Waals surface area contributed by atoms with Crippen LogP contribution in [0.5, 0.6) is 0 Å². The van der Waals surface area contributed by atoms with Crippen LogP contribution in [0.15, 0.2) is 24.3 Å².